The molecule has 0 aliphatic carbocycles. The number of amides is 1. The molecule has 3 heterocycles. The van der Waals surface area contributed by atoms with E-state index in [9.17, 15) is 9.59 Å². The van der Waals surface area contributed by atoms with Gasteiger partial charge in [0.2, 0.25) is 5.91 Å². The Morgan fingerprint density at radius 1 is 1.37 bits per heavy atom. The molecule has 0 unspecified atom stereocenters. The molecule has 2 aromatic rings. The number of morpholine rings is 1. The van der Waals surface area contributed by atoms with Crippen molar-refractivity contribution in [2.75, 3.05) is 19.6 Å². The first kappa shape index (κ1) is 20.0. The summed E-state index contributed by atoms with van der Waals surface area (Å²) in [6.07, 6.45) is 2.16. The lowest BCUT2D eigenvalue weighted by atomic mass is 10.00. The van der Waals surface area contributed by atoms with Crippen LogP contribution in [0.15, 0.2) is 22.6 Å². The fourth-order valence-corrected chi connectivity index (χ4v) is 4.19. The quantitative estimate of drug-likeness (QED) is 0.812. The van der Waals surface area contributed by atoms with E-state index in [0.29, 0.717) is 18.5 Å². The summed E-state index contributed by atoms with van der Waals surface area (Å²) in [5.41, 5.74) is -0.249. The predicted molar refractivity (Wildman–Crippen MR) is 107 cm³/mol. The van der Waals surface area contributed by atoms with Crippen molar-refractivity contribution in [3.63, 3.8) is 0 Å². The molecule has 1 N–H and O–H groups in total. The van der Waals surface area contributed by atoms with E-state index in [-0.39, 0.29) is 35.6 Å². The van der Waals surface area contributed by atoms with Gasteiger partial charge in [-0.1, -0.05) is 0 Å². The summed E-state index contributed by atoms with van der Waals surface area (Å²) >= 11 is 1.44. The maximum Gasteiger partial charge on any atom is 0.262 e. The molecule has 1 fully saturated rings. The highest BCUT2D eigenvalue weighted by Crippen LogP contribution is 2.20. The Labute approximate surface area is 163 Å². The Bertz CT molecular complexity index is 850. The number of ether oxygens (including phenoxy) is 1. The number of nitrogens with zero attached hydrogens (tertiary/aromatic N) is 3. The Balaban J connectivity index is 1.53. The van der Waals surface area contributed by atoms with Gasteiger partial charge in [0.15, 0.2) is 0 Å². The molecule has 27 heavy (non-hydrogen) atoms. The van der Waals surface area contributed by atoms with E-state index < -0.39 is 0 Å². The van der Waals surface area contributed by atoms with Gasteiger partial charge < -0.3 is 10.1 Å². The van der Waals surface area contributed by atoms with Gasteiger partial charge in [0.25, 0.3) is 5.56 Å². The van der Waals surface area contributed by atoms with Gasteiger partial charge >= 0.3 is 0 Å². The van der Waals surface area contributed by atoms with Gasteiger partial charge in [-0.05, 0) is 39.1 Å². The molecule has 7 nitrogen and oxygen atoms in total. The predicted octanol–water partition coefficient (Wildman–Crippen LogP) is 1.85. The van der Waals surface area contributed by atoms with Gasteiger partial charge in [-0.25, -0.2) is 4.98 Å². The fraction of sp³-hybridized carbons (Fsp3) is 0.632. The van der Waals surface area contributed by atoms with Crippen LogP contribution in [0.1, 0.15) is 34.1 Å². The van der Waals surface area contributed by atoms with Crippen LogP contribution in [0.4, 0.5) is 0 Å². The zero-order chi connectivity index (χ0) is 19.6. The number of fused-ring (bicyclic) bond motifs is 1. The van der Waals surface area contributed by atoms with Gasteiger partial charge in [-0.2, -0.15) is 0 Å². The fourth-order valence-electron chi connectivity index (χ4n) is 3.46. The molecule has 1 aliphatic heterocycles. The number of hydrogen-bond acceptors (Lipinski definition) is 6. The molecule has 0 aromatic carbocycles. The minimum atomic E-state index is -0.157. The van der Waals surface area contributed by atoms with Crippen molar-refractivity contribution in [2.24, 2.45) is 0 Å². The second-order valence-electron chi connectivity index (χ2n) is 7.88. The zero-order valence-electron chi connectivity index (χ0n) is 16.4. The molecule has 1 aliphatic rings. The number of hydrogen-bond donors (Lipinski definition) is 1. The molecule has 0 spiro atoms. The van der Waals surface area contributed by atoms with E-state index in [4.69, 9.17) is 4.74 Å². The molecule has 2 atom stereocenters. The second-order valence-corrected chi connectivity index (χ2v) is 8.78. The van der Waals surface area contributed by atoms with Crippen LogP contribution in [0.3, 0.4) is 0 Å². The van der Waals surface area contributed by atoms with E-state index >= 15 is 0 Å². The maximum absolute atomic E-state index is 12.4. The monoisotopic (exact) mass is 392 g/mol. The third-order valence-electron chi connectivity index (χ3n) is 5.02. The average molecular weight is 393 g/mol. The summed E-state index contributed by atoms with van der Waals surface area (Å²) in [6.45, 7) is 11.0. The summed E-state index contributed by atoms with van der Waals surface area (Å²) in [5.74, 6) is -0.0604. The van der Waals surface area contributed by atoms with Crippen LogP contribution in [0, 0.1) is 0 Å². The molecular weight excluding hydrogens is 364 g/mol. The third-order valence-corrected chi connectivity index (χ3v) is 5.84. The van der Waals surface area contributed by atoms with Gasteiger partial charge in [-0.3, -0.25) is 19.1 Å². The number of aromatic nitrogens is 2. The molecule has 148 valence electrons. The number of nitrogens with one attached hydrogen (secondary N) is 1. The Kier molecular flexibility index (Phi) is 5.98. The molecule has 2 aromatic heterocycles. The molecule has 8 heteroatoms. The minimum absolute atomic E-state index is 0.0604. The lowest BCUT2D eigenvalue weighted by molar-refractivity contribution is -0.123. The molecule has 0 saturated carbocycles. The van der Waals surface area contributed by atoms with E-state index in [1.807, 2.05) is 5.38 Å². The SMILES string of the molecule is C[C@H]1CN(C(C)(C)CNC(=O)CCn2cnc3sccc3c2=O)C[C@H](C)O1. The first-order valence-corrected chi connectivity index (χ1v) is 10.2. The lowest BCUT2D eigenvalue weighted by Gasteiger charge is -2.45. The summed E-state index contributed by atoms with van der Waals surface area (Å²) in [5, 5.41) is 5.48. The topological polar surface area (TPSA) is 76.5 Å². The number of thiophene rings is 1. The zero-order valence-corrected chi connectivity index (χ0v) is 17.2. The second kappa shape index (κ2) is 8.08. The lowest BCUT2D eigenvalue weighted by Crippen LogP contribution is -2.58. The van der Waals surface area contributed by atoms with Gasteiger partial charge in [0, 0.05) is 38.1 Å². The first-order chi connectivity index (χ1) is 12.8. The van der Waals surface area contributed by atoms with E-state index in [2.05, 4.69) is 42.9 Å². The van der Waals surface area contributed by atoms with Crippen molar-refractivity contribution >= 4 is 27.5 Å². The minimum Gasteiger partial charge on any atom is -0.373 e. The maximum atomic E-state index is 12.4. The van der Waals surface area contributed by atoms with Crippen LogP contribution in [-0.4, -0.2) is 57.7 Å². The van der Waals surface area contributed by atoms with Crippen molar-refractivity contribution in [1.29, 1.82) is 0 Å². The standard InChI is InChI=1S/C19H28N4O3S/c1-13-9-23(10-14(2)26-13)19(3,4)11-20-16(24)5-7-22-12-21-17-15(18(22)25)6-8-27-17/h6,8,12-14H,5,7,9-11H2,1-4H3,(H,20,24)/t13-,14-/m0/s1. The van der Waals surface area contributed by atoms with Crippen molar-refractivity contribution in [2.45, 2.75) is 58.4 Å². The van der Waals surface area contributed by atoms with E-state index in [1.165, 1.54) is 22.2 Å². The van der Waals surface area contributed by atoms with Crippen LogP contribution in [0.5, 0.6) is 0 Å². The Morgan fingerprint density at radius 3 is 2.78 bits per heavy atom. The molecular formula is C19H28N4O3S. The molecule has 3 rings (SSSR count). The molecule has 1 saturated heterocycles. The number of carbonyl (C=O) groups is 1. The summed E-state index contributed by atoms with van der Waals surface area (Å²) in [7, 11) is 0. The van der Waals surface area contributed by atoms with Gasteiger partial charge in [0.1, 0.15) is 4.83 Å². The third kappa shape index (κ3) is 4.75. The summed E-state index contributed by atoms with van der Waals surface area (Å²) in [6, 6.07) is 1.78. The van der Waals surface area contributed by atoms with Crippen molar-refractivity contribution in [3.05, 3.63) is 28.1 Å². The highest BCUT2D eigenvalue weighted by atomic mass is 32.1. The van der Waals surface area contributed by atoms with E-state index in [0.717, 1.165) is 17.9 Å². The van der Waals surface area contributed by atoms with Gasteiger partial charge in [-0.15, -0.1) is 11.3 Å². The first-order valence-electron chi connectivity index (χ1n) is 9.36. The summed E-state index contributed by atoms with van der Waals surface area (Å²) in [4.78, 5) is 32.0. The van der Waals surface area contributed by atoms with Crippen LogP contribution < -0.4 is 10.9 Å². The van der Waals surface area contributed by atoms with Gasteiger partial charge in [0.05, 0.1) is 23.9 Å². The van der Waals surface area contributed by atoms with Crippen molar-refractivity contribution < 1.29 is 9.53 Å². The van der Waals surface area contributed by atoms with E-state index in [1.54, 1.807) is 6.07 Å². The van der Waals surface area contributed by atoms with Crippen LogP contribution in [-0.2, 0) is 16.1 Å². The molecule has 1 amide bonds. The van der Waals surface area contributed by atoms with Crippen LogP contribution in [0.25, 0.3) is 10.2 Å². The number of rotatable bonds is 6. The summed E-state index contributed by atoms with van der Waals surface area (Å²) < 4.78 is 7.30. The highest BCUT2D eigenvalue weighted by Gasteiger charge is 2.33. The van der Waals surface area contributed by atoms with Crippen molar-refractivity contribution in [3.8, 4) is 0 Å². The number of aryl methyl sites for hydroxylation is 1. The Morgan fingerprint density at radius 2 is 2.07 bits per heavy atom. The average Bonchev–Trinajstić information content (AvgIpc) is 3.08. The smallest absolute Gasteiger partial charge is 0.262 e. The molecule has 0 bridgehead atoms. The number of carbonyl (C=O) groups excluding carboxylic acids is 1. The van der Waals surface area contributed by atoms with Crippen LogP contribution >= 0.6 is 11.3 Å². The van der Waals surface area contributed by atoms with Crippen molar-refractivity contribution in [1.82, 2.24) is 19.8 Å². The normalized spacial score (nSPS) is 21.5. The molecule has 0 radical (unpaired) electrons. The van der Waals surface area contributed by atoms with Crippen LogP contribution in [0.2, 0.25) is 0 Å². The Hall–Kier alpha value is -1.77. The highest BCUT2D eigenvalue weighted by molar-refractivity contribution is 7.16. The largest absolute Gasteiger partial charge is 0.373 e.